The van der Waals surface area contributed by atoms with Crippen LogP contribution in [-0.4, -0.2) is 25.3 Å². The first kappa shape index (κ1) is 11.1. The molecule has 0 aliphatic carbocycles. The van der Waals surface area contributed by atoms with E-state index < -0.39 is 15.5 Å². The van der Waals surface area contributed by atoms with Gasteiger partial charge in [-0.25, -0.2) is 0 Å². The van der Waals surface area contributed by atoms with Crippen LogP contribution in [-0.2, 0) is 10.0 Å². The molecular weight excluding hydrogens is 195 g/mol. The first-order chi connectivity index (χ1) is 5.23. The largest absolute Gasteiger partial charge is 0.516 e. The van der Waals surface area contributed by atoms with Crippen LogP contribution in [0.4, 0.5) is 13.2 Å². The van der Waals surface area contributed by atoms with Gasteiger partial charge in [-0.3, -0.25) is 4.31 Å². The Morgan fingerprint density at radius 3 is 2.17 bits per heavy atom. The van der Waals surface area contributed by atoms with Crippen molar-refractivity contribution >= 4 is 10.0 Å². The Morgan fingerprint density at radius 1 is 1.50 bits per heavy atom. The summed E-state index contributed by atoms with van der Waals surface area (Å²) in [5.41, 5.74) is -3.37. The molecule has 0 amide bonds. The Bertz CT molecular complexity index is 299. The lowest BCUT2D eigenvalue weighted by atomic mass is 10.9. The van der Waals surface area contributed by atoms with Gasteiger partial charge in [-0.2, -0.15) is 21.6 Å². The van der Waals surface area contributed by atoms with Gasteiger partial charge < -0.3 is 0 Å². The van der Waals surface area contributed by atoms with Crippen LogP contribution in [0.2, 0.25) is 0 Å². The van der Waals surface area contributed by atoms with Crippen molar-refractivity contribution in [2.24, 2.45) is 0 Å². The van der Waals surface area contributed by atoms with E-state index in [1.165, 1.54) is 0 Å². The topological polar surface area (TPSA) is 37.4 Å². The third-order valence-electron chi connectivity index (χ3n) is 0.945. The Morgan fingerprint density at radius 2 is 1.92 bits per heavy atom. The molecule has 0 spiro atoms. The first-order valence-electron chi connectivity index (χ1n) is 2.63. The predicted molar refractivity (Wildman–Crippen MR) is 36.4 cm³/mol. The predicted octanol–water partition coefficient (Wildman–Crippen LogP) is 1.07. The maximum absolute atomic E-state index is 11.7. The van der Waals surface area contributed by atoms with Gasteiger partial charge in [-0.05, 0) is 0 Å². The van der Waals surface area contributed by atoms with Gasteiger partial charge in [0.2, 0.25) is 0 Å². The zero-order valence-electron chi connectivity index (χ0n) is 6.09. The van der Waals surface area contributed by atoms with Gasteiger partial charge in [0.25, 0.3) is 0 Å². The van der Waals surface area contributed by atoms with E-state index >= 15 is 0 Å². The summed E-state index contributed by atoms with van der Waals surface area (Å²) in [7, 11) is -4.51. The summed E-state index contributed by atoms with van der Waals surface area (Å²) < 4.78 is 56.0. The van der Waals surface area contributed by atoms with E-state index in [0.717, 1.165) is 7.05 Å². The van der Waals surface area contributed by atoms with Crippen molar-refractivity contribution in [3.05, 3.63) is 18.5 Å². The molecule has 0 bridgehead atoms. The number of alkyl halides is 3. The van der Waals surface area contributed by atoms with Gasteiger partial charge in [0.05, 0.1) is 6.20 Å². The molecule has 0 aliphatic heterocycles. The molecule has 70 valence electrons. The number of hydrogen-bond acceptors (Lipinski definition) is 2. The highest BCUT2D eigenvalue weighted by Gasteiger charge is 2.48. The summed E-state index contributed by atoms with van der Waals surface area (Å²) in [5.74, 6) is 0. The molecule has 0 saturated heterocycles. The second-order valence-corrected chi connectivity index (χ2v) is 3.79. The maximum Gasteiger partial charge on any atom is 0.516 e. The number of nitrogens with zero attached hydrogens (tertiary/aromatic N) is 1. The lowest BCUT2D eigenvalue weighted by molar-refractivity contribution is -0.0472. The van der Waals surface area contributed by atoms with Crippen molar-refractivity contribution in [2.45, 2.75) is 5.51 Å². The zero-order chi connectivity index (χ0) is 9.99. The molecule has 0 rings (SSSR count). The lowest BCUT2D eigenvalue weighted by Gasteiger charge is -2.15. The Balaban J connectivity index is 5.01. The highest BCUT2D eigenvalue weighted by Crippen LogP contribution is 2.25. The van der Waals surface area contributed by atoms with Crippen LogP contribution in [0.15, 0.2) is 18.5 Å². The standard InChI is InChI=1S/C5H6F3NO2S/c1-3-4-9(2)12(10,11)5(6,7)8/h4H,1H2,2H3. The van der Waals surface area contributed by atoms with E-state index in [1.54, 1.807) is 0 Å². The van der Waals surface area contributed by atoms with Crippen molar-refractivity contribution in [1.29, 1.82) is 0 Å². The highest BCUT2D eigenvalue weighted by atomic mass is 32.2. The number of rotatable bonds is 2. The molecule has 0 radical (unpaired) electrons. The molecule has 0 saturated carbocycles. The lowest BCUT2D eigenvalue weighted by Crippen LogP contribution is -2.34. The minimum absolute atomic E-state index is 0. The van der Waals surface area contributed by atoms with E-state index in [4.69, 9.17) is 0 Å². The van der Waals surface area contributed by atoms with Crippen LogP contribution in [0.5, 0.6) is 0 Å². The van der Waals surface area contributed by atoms with Gasteiger partial charge in [0, 0.05) is 7.05 Å². The van der Waals surface area contributed by atoms with Crippen molar-refractivity contribution < 1.29 is 21.6 Å². The SMILES string of the molecule is C=C=CN(C)S(=O)(=O)C(F)(F)F. The third-order valence-corrected chi connectivity index (χ3v) is 2.39. The fraction of sp³-hybridized carbons (Fsp3) is 0.400. The molecule has 0 aromatic rings. The maximum atomic E-state index is 11.7. The summed E-state index contributed by atoms with van der Waals surface area (Å²) in [4.78, 5) is 0. The van der Waals surface area contributed by atoms with E-state index in [-0.39, 0.29) is 4.31 Å². The Labute approximate surface area is 67.8 Å². The van der Waals surface area contributed by atoms with E-state index in [2.05, 4.69) is 6.58 Å². The van der Waals surface area contributed by atoms with Crippen LogP contribution in [0.25, 0.3) is 0 Å². The molecule has 0 unspecified atom stereocenters. The molecule has 0 aliphatic rings. The fourth-order valence-electron chi connectivity index (χ4n) is 0.361. The molecule has 7 heteroatoms. The van der Waals surface area contributed by atoms with Crippen molar-refractivity contribution in [1.82, 2.24) is 4.31 Å². The van der Waals surface area contributed by atoms with Crippen molar-refractivity contribution in [2.75, 3.05) is 7.05 Å². The Kier molecular flexibility index (Phi) is 2.95. The fourth-order valence-corrected chi connectivity index (χ4v) is 0.901. The van der Waals surface area contributed by atoms with E-state index in [0.29, 0.717) is 6.20 Å². The minimum atomic E-state index is -5.28. The van der Waals surface area contributed by atoms with Crippen LogP contribution in [0.3, 0.4) is 0 Å². The van der Waals surface area contributed by atoms with Crippen molar-refractivity contribution in [3.8, 4) is 0 Å². The van der Waals surface area contributed by atoms with Crippen LogP contribution in [0, 0.1) is 0 Å². The molecule has 3 nitrogen and oxygen atoms in total. The summed E-state index contributed by atoms with van der Waals surface area (Å²) in [5, 5.41) is 0. The van der Waals surface area contributed by atoms with Gasteiger partial charge in [0.15, 0.2) is 0 Å². The Hall–Kier alpha value is -0.940. The van der Waals surface area contributed by atoms with Crippen molar-refractivity contribution in [3.63, 3.8) is 0 Å². The van der Waals surface area contributed by atoms with Gasteiger partial charge >= 0.3 is 15.5 Å². The quantitative estimate of drug-likeness (QED) is 0.626. The average Bonchev–Trinajstić information content (AvgIpc) is 1.85. The molecule has 0 aromatic carbocycles. The molecule has 12 heavy (non-hydrogen) atoms. The molecule has 0 aromatic heterocycles. The third kappa shape index (κ3) is 2.02. The second-order valence-electron chi connectivity index (χ2n) is 1.80. The molecule has 0 N–H and O–H groups in total. The number of halogens is 3. The summed E-state index contributed by atoms with van der Waals surface area (Å²) in [6, 6.07) is 0. The molecular formula is C5H6F3NO2S. The van der Waals surface area contributed by atoms with Crippen LogP contribution >= 0.6 is 0 Å². The van der Waals surface area contributed by atoms with E-state index in [1.807, 2.05) is 5.73 Å². The summed E-state index contributed by atoms with van der Waals surface area (Å²) >= 11 is 0. The summed E-state index contributed by atoms with van der Waals surface area (Å²) in [6.07, 6.45) is 0.586. The smallest absolute Gasteiger partial charge is 0.265 e. The molecule has 0 atom stereocenters. The monoisotopic (exact) mass is 201 g/mol. The van der Waals surface area contributed by atoms with Gasteiger partial charge in [-0.15, -0.1) is 5.73 Å². The first-order valence-corrected chi connectivity index (χ1v) is 4.07. The second kappa shape index (κ2) is 3.20. The number of sulfonamides is 1. The normalized spacial score (nSPS) is 12.0. The summed E-state index contributed by atoms with van der Waals surface area (Å²) in [6.45, 7) is 2.94. The van der Waals surface area contributed by atoms with E-state index in [9.17, 15) is 21.6 Å². The van der Waals surface area contributed by atoms with Crippen LogP contribution < -0.4 is 0 Å². The molecule has 0 fully saturated rings. The molecule has 0 heterocycles. The zero-order valence-corrected chi connectivity index (χ0v) is 6.91. The average molecular weight is 201 g/mol. The number of hydrogen-bond donors (Lipinski definition) is 0. The minimum Gasteiger partial charge on any atom is -0.265 e. The van der Waals surface area contributed by atoms with Gasteiger partial charge in [-0.1, -0.05) is 6.58 Å². The van der Waals surface area contributed by atoms with Gasteiger partial charge in [0.1, 0.15) is 0 Å². The van der Waals surface area contributed by atoms with Crippen LogP contribution in [0.1, 0.15) is 0 Å². The highest BCUT2D eigenvalue weighted by molar-refractivity contribution is 7.90.